The van der Waals surface area contributed by atoms with Crippen molar-refractivity contribution in [3.8, 4) is 22.9 Å². The molecule has 0 saturated carbocycles. The Balaban J connectivity index is 1.77. The zero-order valence-corrected chi connectivity index (χ0v) is 13.7. The van der Waals surface area contributed by atoms with Gasteiger partial charge in [0.05, 0.1) is 12.7 Å². The van der Waals surface area contributed by atoms with Crippen molar-refractivity contribution in [3.63, 3.8) is 0 Å². The molecule has 130 valence electrons. The highest BCUT2D eigenvalue weighted by Gasteiger charge is 2.31. The predicted octanol–water partition coefficient (Wildman–Crippen LogP) is 5.61. The van der Waals surface area contributed by atoms with E-state index in [9.17, 15) is 13.2 Å². The molecule has 1 aromatic heterocycles. The number of hydrogen-bond donors (Lipinski definition) is 0. The highest BCUT2D eigenvalue weighted by Crippen LogP contribution is 2.31. The number of aryl methyl sites for hydroxylation is 1. The molecule has 3 rings (SSSR count). The van der Waals surface area contributed by atoms with Crippen LogP contribution in [0.4, 0.5) is 13.2 Å². The van der Waals surface area contributed by atoms with E-state index < -0.39 is 11.7 Å². The standard InChI is InChI=1S/C19H16F3NO2/c1-13-11-17(24-2)7-8-18(13)25-16-5-3-15(4-6-16)23-10-9-14(12-23)19(20,21)22/h3-12H,1-2H3. The van der Waals surface area contributed by atoms with E-state index in [1.54, 1.807) is 37.4 Å². The quantitative estimate of drug-likeness (QED) is 0.613. The zero-order valence-electron chi connectivity index (χ0n) is 13.7. The van der Waals surface area contributed by atoms with Crippen LogP contribution in [-0.4, -0.2) is 11.7 Å². The van der Waals surface area contributed by atoms with Crippen LogP contribution in [0.5, 0.6) is 17.2 Å². The topological polar surface area (TPSA) is 23.4 Å². The second-order valence-corrected chi connectivity index (χ2v) is 5.53. The highest BCUT2D eigenvalue weighted by atomic mass is 19.4. The lowest BCUT2D eigenvalue weighted by atomic mass is 10.2. The van der Waals surface area contributed by atoms with Crippen LogP contribution in [0.2, 0.25) is 0 Å². The molecule has 1 heterocycles. The van der Waals surface area contributed by atoms with Crippen LogP contribution < -0.4 is 9.47 Å². The van der Waals surface area contributed by atoms with Gasteiger partial charge in [-0.25, -0.2) is 0 Å². The Bertz CT molecular complexity index is 867. The Morgan fingerprint density at radius 3 is 2.16 bits per heavy atom. The maximum Gasteiger partial charge on any atom is 0.417 e. The lowest BCUT2D eigenvalue weighted by Crippen LogP contribution is -2.02. The second kappa shape index (κ2) is 6.55. The average Bonchev–Trinajstić information content (AvgIpc) is 3.08. The van der Waals surface area contributed by atoms with Gasteiger partial charge < -0.3 is 14.0 Å². The number of halogens is 3. The minimum atomic E-state index is -4.35. The van der Waals surface area contributed by atoms with Crippen molar-refractivity contribution in [1.82, 2.24) is 4.57 Å². The zero-order chi connectivity index (χ0) is 18.0. The molecule has 0 aliphatic carbocycles. The molecule has 0 unspecified atom stereocenters. The van der Waals surface area contributed by atoms with E-state index in [4.69, 9.17) is 9.47 Å². The summed E-state index contributed by atoms with van der Waals surface area (Å²) in [5.74, 6) is 2.03. The molecule has 0 saturated heterocycles. The van der Waals surface area contributed by atoms with Gasteiger partial charge in [0.2, 0.25) is 0 Å². The van der Waals surface area contributed by atoms with Crippen molar-refractivity contribution in [3.05, 3.63) is 72.1 Å². The van der Waals surface area contributed by atoms with Gasteiger partial charge in [-0.15, -0.1) is 0 Å². The SMILES string of the molecule is COc1ccc(Oc2ccc(-n3ccc(C(F)(F)F)c3)cc2)c(C)c1. The van der Waals surface area contributed by atoms with Crippen molar-refractivity contribution in [2.75, 3.05) is 7.11 Å². The van der Waals surface area contributed by atoms with Crippen LogP contribution in [0.15, 0.2) is 60.9 Å². The first-order valence-electron chi connectivity index (χ1n) is 7.55. The molecule has 0 spiro atoms. The molecule has 6 heteroatoms. The van der Waals surface area contributed by atoms with Gasteiger partial charge in [0.25, 0.3) is 0 Å². The maximum atomic E-state index is 12.7. The van der Waals surface area contributed by atoms with Gasteiger partial charge in [-0.05, 0) is 61.0 Å². The first-order chi connectivity index (χ1) is 11.9. The summed E-state index contributed by atoms with van der Waals surface area (Å²) in [7, 11) is 1.60. The van der Waals surface area contributed by atoms with E-state index in [1.807, 2.05) is 19.1 Å². The molecule has 0 bridgehead atoms. The van der Waals surface area contributed by atoms with Gasteiger partial charge in [-0.3, -0.25) is 0 Å². The molecular weight excluding hydrogens is 331 g/mol. The first kappa shape index (κ1) is 17.0. The molecule has 0 aliphatic heterocycles. The fourth-order valence-electron chi connectivity index (χ4n) is 2.40. The molecule has 0 fully saturated rings. The predicted molar refractivity (Wildman–Crippen MR) is 88.6 cm³/mol. The Labute approximate surface area is 143 Å². The van der Waals surface area contributed by atoms with Gasteiger partial charge in [0.15, 0.2) is 0 Å². The number of alkyl halides is 3. The van der Waals surface area contributed by atoms with Crippen molar-refractivity contribution >= 4 is 0 Å². The summed E-state index contributed by atoms with van der Waals surface area (Å²) < 4.78 is 50.4. The molecule has 0 N–H and O–H groups in total. The second-order valence-electron chi connectivity index (χ2n) is 5.53. The number of methoxy groups -OCH3 is 1. The van der Waals surface area contributed by atoms with E-state index >= 15 is 0 Å². The third kappa shape index (κ3) is 3.79. The van der Waals surface area contributed by atoms with Crippen molar-refractivity contribution in [1.29, 1.82) is 0 Å². The Morgan fingerprint density at radius 2 is 1.60 bits per heavy atom. The van der Waals surface area contributed by atoms with Gasteiger partial charge >= 0.3 is 6.18 Å². The van der Waals surface area contributed by atoms with Crippen LogP contribution in [0.1, 0.15) is 11.1 Å². The normalized spacial score (nSPS) is 11.4. The summed E-state index contributed by atoms with van der Waals surface area (Å²) in [4.78, 5) is 0. The minimum Gasteiger partial charge on any atom is -0.497 e. The van der Waals surface area contributed by atoms with Gasteiger partial charge in [0, 0.05) is 18.1 Å². The molecule has 0 atom stereocenters. The Morgan fingerprint density at radius 1 is 0.920 bits per heavy atom. The fourth-order valence-corrected chi connectivity index (χ4v) is 2.40. The molecule has 25 heavy (non-hydrogen) atoms. The van der Waals surface area contributed by atoms with Crippen molar-refractivity contribution in [2.45, 2.75) is 13.1 Å². The van der Waals surface area contributed by atoms with Crippen LogP contribution in [0.25, 0.3) is 5.69 Å². The minimum absolute atomic E-state index is 0.597. The number of ether oxygens (including phenoxy) is 2. The van der Waals surface area contributed by atoms with Crippen LogP contribution in [0, 0.1) is 6.92 Å². The average molecular weight is 347 g/mol. The van der Waals surface area contributed by atoms with Crippen molar-refractivity contribution in [2.24, 2.45) is 0 Å². The van der Waals surface area contributed by atoms with Crippen LogP contribution >= 0.6 is 0 Å². The van der Waals surface area contributed by atoms with E-state index in [0.29, 0.717) is 17.2 Å². The first-order valence-corrected chi connectivity index (χ1v) is 7.55. The molecule has 3 aromatic rings. The highest BCUT2D eigenvalue weighted by molar-refractivity contribution is 5.44. The summed E-state index contributed by atoms with van der Waals surface area (Å²) in [6.07, 6.45) is -1.91. The van der Waals surface area contributed by atoms with E-state index in [-0.39, 0.29) is 0 Å². The largest absolute Gasteiger partial charge is 0.497 e. The number of aromatic nitrogens is 1. The summed E-state index contributed by atoms with van der Waals surface area (Å²) in [6, 6.07) is 13.4. The third-order valence-corrected chi connectivity index (χ3v) is 3.76. The molecule has 0 amide bonds. The van der Waals surface area contributed by atoms with E-state index in [2.05, 4.69) is 0 Å². The monoisotopic (exact) mass is 347 g/mol. The number of benzene rings is 2. The number of nitrogens with zero attached hydrogens (tertiary/aromatic N) is 1. The molecular formula is C19H16F3NO2. The van der Waals surface area contributed by atoms with Gasteiger partial charge in [-0.2, -0.15) is 13.2 Å². The Hall–Kier alpha value is -2.89. The van der Waals surface area contributed by atoms with E-state index in [0.717, 1.165) is 23.6 Å². The third-order valence-electron chi connectivity index (χ3n) is 3.76. The molecule has 0 radical (unpaired) electrons. The maximum absolute atomic E-state index is 12.7. The van der Waals surface area contributed by atoms with Gasteiger partial charge in [0.1, 0.15) is 17.2 Å². The van der Waals surface area contributed by atoms with E-state index in [1.165, 1.54) is 10.8 Å². The van der Waals surface area contributed by atoms with Crippen LogP contribution in [-0.2, 0) is 6.18 Å². The van der Waals surface area contributed by atoms with Gasteiger partial charge in [-0.1, -0.05) is 0 Å². The van der Waals surface area contributed by atoms with Crippen LogP contribution in [0.3, 0.4) is 0 Å². The fraction of sp³-hybridized carbons (Fsp3) is 0.158. The van der Waals surface area contributed by atoms with Crippen molar-refractivity contribution < 1.29 is 22.6 Å². The molecule has 2 aromatic carbocycles. The summed E-state index contributed by atoms with van der Waals surface area (Å²) in [6.45, 7) is 1.91. The summed E-state index contributed by atoms with van der Waals surface area (Å²) in [5, 5.41) is 0. The Kier molecular flexibility index (Phi) is 4.44. The summed E-state index contributed by atoms with van der Waals surface area (Å²) >= 11 is 0. The molecule has 0 aliphatic rings. The lowest BCUT2D eigenvalue weighted by Gasteiger charge is -2.11. The number of rotatable bonds is 4. The number of hydrogen-bond acceptors (Lipinski definition) is 2. The lowest BCUT2D eigenvalue weighted by molar-refractivity contribution is -0.137. The smallest absolute Gasteiger partial charge is 0.417 e. The summed E-state index contributed by atoms with van der Waals surface area (Å²) in [5.41, 5.74) is 0.861. The molecule has 3 nitrogen and oxygen atoms in total.